The minimum absolute atomic E-state index is 0.00222. The van der Waals surface area contributed by atoms with Gasteiger partial charge in [0.15, 0.2) is 24.2 Å². The maximum absolute atomic E-state index is 12.0. The van der Waals surface area contributed by atoms with Gasteiger partial charge in [0.1, 0.15) is 48.2 Å². The molecule has 2 saturated heterocycles. The van der Waals surface area contributed by atoms with Gasteiger partial charge in [-0.25, -0.2) is 19.6 Å². The highest BCUT2D eigenvalue weighted by Crippen LogP contribution is 2.41. The molecule has 6 N–H and O–H groups in total. The Bertz CT molecular complexity index is 1330. The highest BCUT2D eigenvalue weighted by molar-refractivity contribution is 5.93. The lowest BCUT2D eigenvalue weighted by atomic mass is 10.1. The van der Waals surface area contributed by atoms with Gasteiger partial charge in [-0.2, -0.15) is 0 Å². The van der Waals surface area contributed by atoms with Crippen LogP contribution in [0.2, 0.25) is 0 Å². The number of nitrogen functional groups attached to an aromatic ring is 1. The second-order valence-corrected chi connectivity index (χ2v) is 8.76. The number of nitrogens with two attached hydrogens (primary N) is 1. The van der Waals surface area contributed by atoms with E-state index < -0.39 is 42.8 Å². The quantitative estimate of drug-likeness (QED) is 0.271. The van der Waals surface area contributed by atoms with Crippen LogP contribution in [0.4, 0.5) is 22.1 Å². The number of amides is 2. The number of aromatic nitrogens is 2. The predicted octanol–water partition coefficient (Wildman–Crippen LogP) is 2.60. The molecular formula is C26H28N6O7. The molecule has 0 radical (unpaired) electrons. The van der Waals surface area contributed by atoms with Gasteiger partial charge in [-0.3, -0.25) is 5.32 Å². The molecule has 0 aliphatic carbocycles. The largest absolute Gasteiger partial charge is 0.490 e. The number of urea groups is 1. The zero-order valence-electron chi connectivity index (χ0n) is 20.9. The number of hydrogen-bond donors (Lipinski definition) is 5. The molecule has 2 aliphatic rings. The van der Waals surface area contributed by atoms with E-state index in [2.05, 4.69) is 25.9 Å². The van der Waals surface area contributed by atoms with Crippen molar-refractivity contribution in [3.8, 4) is 5.75 Å². The summed E-state index contributed by atoms with van der Waals surface area (Å²) < 4.78 is 24.6. The van der Waals surface area contributed by atoms with Gasteiger partial charge in [0, 0.05) is 12.1 Å². The summed E-state index contributed by atoms with van der Waals surface area (Å²) in [7, 11) is 0. The number of nitrogens with one attached hydrogen (secondary N) is 3. The van der Waals surface area contributed by atoms with E-state index >= 15 is 0 Å². The average Bonchev–Trinajstić information content (AvgIpc) is 3.51. The van der Waals surface area contributed by atoms with Crippen molar-refractivity contribution < 1.29 is 33.6 Å². The predicted molar refractivity (Wildman–Crippen MR) is 139 cm³/mol. The molecule has 3 aromatic rings. The number of hydrogen-bond acceptors (Lipinski definition) is 10. The van der Waals surface area contributed by atoms with E-state index in [9.17, 15) is 14.7 Å². The summed E-state index contributed by atoms with van der Waals surface area (Å²) in [4.78, 5) is 31.8. The number of fused-ring (bicyclic) bond motifs is 1. The third-order valence-corrected chi connectivity index (χ3v) is 6.20. The fraction of sp³-hybridized carbons (Fsp3) is 0.308. The van der Waals surface area contributed by atoms with Gasteiger partial charge in [0.05, 0.1) is 0 Å². The van der Waals surface area contributed by atoms with Crippen LogP contribution in [0.3, 0.4) is 0 Å². The van der Waals surface area contributed by atoms with Crippen molar-refractivity contribution in [1.82, 2.24) is 15.3 Å². The van der Waals surface area contributed by atoms with E-state index in [1.807, 2.05) is 30.3 Å². The lowest BCUT2D eigenvalue weighted by Crippen LogP contribution is -2.35. The van der Waals surface area contributed by atoms with Gasteiger partial charge < -0.3 is 40.4 Å². The summed E-state index contributed by atoms with van der Waals surface area (Å²) in [6.07, 6.45) is -1.93. The smallest absolute Gasteiger partial charge is 0.339 e. The van der Waals surface area contributed by atoms with Crippen molar-refractivity contribution in [3.05, 3.63) is 72.1 Å². The van der Waals surface area contributed by atoms with Crippen molar-refractivity contribution in [2.75, 3.05) is 29.5 Å². The molecule has 39 heavy (non-hydrogen) atoms. The molecule has 13 nitrogen and oxygen atoms in total. The highest BCUT2D eigenvalue weighted by atomic mass is 16.8. The van der Waals surface area contributed by atoms with Crippen LogP contribution in [0.5, 0.6) is 5.75 Å². The summed E-state index contributed by atoms with van der Waals surface area (Å²) in [6, 6.07) is 15.4. The number of anilines is 3. The molecule has 5 unspecified atom stereocenters. The zero-order valence-corrected chi connectivity index (χ0v) is 20.9. The van der Waals surface area contributed by atoms with Crippen LogP contribution in [-0.4, -0.2) is 64.8 Å². The number of carbonyl (C=O) groups is 2. The summed E-state index contributed by atoms with van der Waals surface area (Å²) in [6.45, 7) is 2.22. The molecule has 0 saturated carbocycles. The molecule has 3 heterocycles. The van der Waals surface area contributed by atoms with E-state index in [1.165, 1.54) is 12.4 Å². The molecule has 204 valence electrons. The molecule has 13 heteroatoms. The van der Waals surface area contributed by atoms with Gasteiger partial charge in [0.2, 0.25) is 0 Å². The van der Waals surface area contributed by atoms with Crippen LogP contribution in [0, 0.1) is 0 Å². The fourth-order valence-corrected chi connectivity index (χ4v) is 4.37. The maximum Gasteiger partial charge on any atom is 0.339 e. The van der Waals surface area contributed by atoms with Gasteiger partial charge >= 0.3 is 12.0 Å². The number of nitrogens with zero attached hydrogens (tertiary/aromatic N) is 2. The van der Waals surface area contributed by atoms with E-state index in [1.54, 1.807) is 25.1 Å². The average molecular weight is 537 g/mol. The Labute approximate surface area is 223 Å². The third kappa shape index (κ3) is 5.70. The van der Waals surface area contributed by atoms with Crippen LogP contribution in [0.1, 0.15) is 29.1 Å². The highest BCUT2D eigenvalue weighted by Gasteiger charge is 2.53. The van der Waals surface area contributed by atoms with Gasteiger partial charge in [0.25, 0.3) is 0 Å². The number of para-hydroxylation sites is 1. The second kappa shape index (κ2) is 11.5. The number of carboxylic acid groups (broad SMARTS) is 1. The molecule has 2 aromatic carbocycles. The Morgan fingerprint density at radius 1 is 1.00 bits per heavy atom. The molecule has 5 atom stereocenters. The molecule has 5 rings (SSSR count). The first kappa shape index (κ1) is 26.2. The van der Waals surface area contributed by atoms with Crippen LogP contribution in [0.25, 0.3) is 0 Å². The monoisotopic (exact) mass is 536 g/mol. The van der Waals surface area contributed by atoms with Crippen LogP contribution in [-0.2, 0) is 14.2 Å². The molecule has 2 amide bonds. The van der Waals surface area contributed by atoms with Crippen molar-refractivity contribution in [2.24, 2.45) is 0 Å². The number of carboxylic acids is 1. The number of rotatable bonds is 9. The van der Waals surface area contributed by atoms with Crippen molar-refractivity contribution in [2.45, 2.75) is 37.8 Å². The van der Waals surface area contributed by atoms with E-state index in [4.69, 9.17) is 24.7 Å². The van der Waals surface area contributed by atoms with Crippen molar-refractivity contribution in [1.29, 1.82) is 0 Å². The molecule has 0 spiro atoms. The summed E-state index contributed by atoms with van der Waals surface area (Å²) in [5, 5.41) is 17.8. The first-order chi connectivity index (χ1) is 18.9. The summed E-state index contributed by atoms with van der Waals surface area (Å²) >= 11 is 0. The third-order valence-electron chi connectivity index (χ3n) is 6.20. The lowest BCUT2D eigenvalue weighted by molar-refractivity contribution is -0.132. The minimum Gasteiger partial charge on any atom is -0.490 e. The Hall–Kier alpha value is -4.46. The first-order valence-electron chi connectivity index (χ1n) is 12.3. The standard InChI is InChI=1S/C26H28N6O7/c1-2-28-26(35)32-22-18(27)21(29-13-30-22)31-23-20-19(38-25(39-20)14-8-4-3-5-9-14)17(37-23)12-36-16-11-7-6-10-15(16)24(33)34/h3-11,13,17,19-20,23,25H,2,12,27H2,1H3,(H,33,34)(H3,28,29,30,31,32,35). The summed E-state index contributed by atoms with van der Waals surface area (Å²) in [5.41, 5.74) is 7.21. The van der Waals surface area contributed by atoms with E-state index in [-0.39, 0.29) is 35.2 Å². The van der Waals surface area contributed by atoms with Crippen molar-refractivity contribution in [3.63, 3.8) is 0 Å². The molecule has 1 aromatic heterocycles. The van der Waals surface area contributed by atoms with E-state index in [0.29, 0.717) is 6.54 Å². The van der Waals surface area contributed by atoms with Gasteiger partial charge in [-0.05, 0) is 19.1 Å². The molecule has 2 fully saturated rings. The van der Waals surface area contributed by atoms with Gasteiger partial charge in [-0.15, -0.1) is 0 Å². The van der Waals surface area contributed by atoms with E-state index in [0.717, 1.165) is 5.56 Å². The Morgan fingerprint density at radius 3 is 2.49 bits per heavy atom. The van der Waals surface area contributed by atoms with Crippen LogP contribution < -0.4 is 26.4 Å². The zero-order chi connectivity index (χ0) is 27.4. The molecular weight excluding hydrogens is 508 g/mol. The SMILES string of the molecule is CCNC(=O)Nc1ncnc(NC2OC(COc3ccccc3C(=O)O)C3OC(c4ccccc4)OC23)c1N. The molecule has 2 aliphatic heterocycles. The normalized spacial score (nSPS) is 23.6. The Kier molecular flexibility index (Phi) is 7.72. The Morgan fingerprint density at radius 2 is 1.72 bits per heavy atom. The van der Waals surface area contributed by atoms with Crippen LogP contribution >= 0.6 is 0 Å². The minimum atomic E-state index is -1.10. The number of carbonyl (C=O) groups excluding carboxylic acids is 1. The Balaban J connectivity index is 1.36. The fourth-order valence-electron chi connectivity index (χ4n) is 4.37. The van der Waals surface area contributed by atoms with Crippen LogP contribution in [0.15, 0.2) is 60.9 Å². The molecule has 0 bridgehead atoms. The number of benzene rings is 2. The maximum atomic E-state index is 12.0. The summed E-state index contributed by atoms with van der Waals surface area (Å²) in [5.74, 6) is -0.536. The lowest BCUT2D eigenvalue weighted by Gasteiger charge is -2.22. The van der Waals surface area contributed by atoms with Gasteiger partial charge in [-0.1, -0.05) is 42.5 Å². The van der Waals surface area contributed by atoms with Crippen molar-refractivity contribution >= 4 is 29.3 Å². The second-order valence-electron chi connectivity index (χ2n) is 8.76. The topological polar surface area (TPSA) is 179 Å². The number of ether oxygens (including phenoxy) is 4. The number of aromatic carboxylic acids is 1. The first-order valence-corrected chi connectivity index (χ1v) is 12.3.